The summed E-state index contributed by atoms with van der Waals surface area (Å²) in [6.45, 7) is 1.85. The minimum absolute atomic E-state index is 0.215. The average molecular weight is 369 g/mol. The van der Waals surface area contributed by atoms with Gasteiger partial charge in [0.2, 0.25) is 0 Å². The molecule has 2 aromatic rings. The highest BCUT2D eigenvalue weighted by atomic mass is 16.5. The number of hydrogen-bond donors (Lipinski definition) is 2. The lowest BCUT2D eigenvalue weighted by Crippen LogP contribution is -2.46. The molecule has 0 saturated carbocycles. The van der Waals surface area contributed by atoms with E-state index in [1.165, 1.54) is 4.90 Å². The summed E-state index contributed by atoms with van der Waals surface area (Å²) in [7, 11) is 0. The van der Waals surface area contributed by atoms with E-state index >= 15 is 0 Å². The minimum Gasteiger partial charge on any atom is -0.454 e. The van der Waals surface area contributed by atoms with Crippen molar-refractivity contribution in [3.63, 3.8) is 0 Å². The Labute approximate surface area is 158 Å². The van der Waals surface area contributed by atoms with E-state index in [1.54, 1.807) is 12.1 Å². The van der Waals surface area contributed by atoms with Crippen LogP contribution >= 0.6 is 0 Å². The second kappa shape index (κ2) is 9.96. The molecule has 3 amide bonds. The van der Waals surface area contributed by atoms with Gasteiger partial charge in [-0.25, -0.2) is 9.59 Å². The van der Waals surface area contributed by atoms with E-state index in [9.17, 15) is 14.4 Å². The summed E-state index contributed by atoms with van der Waals surface area (Å²) >= 11 is 0. The predicted octanol–water partition coefficient (Wildman–Crippen LogP) is 1.86. The molecule has 0 spiro atoms. The molecular formula is C20H23N3O4. The maximum absolute atomic E-state index is 12.4. The number of ether oxygens (including phenoxy) is 1. The number of carbonyl (C=O) groups is 3. The number of hydrogen-bond acceptors (Lipinski definition) is 4. The molecule has 7 nitrogen and oxygen atoms in total. The van der Waals surface area contributed by atoms with Crippen LogP contribution in [-0.2, 0) is 20.7 Å². The van der Waals surface area contributed by atoms with E-state index in [0.717, 1.165) is 11.3 Å². The molecule has 0 aliphatic carbocycles. The molecular weight excluding hydrogens is 346 g/mol. The standard InChI is InChI=1S/C20H23N3O4/c1-2-23(16-11-7-4-8-12-16)18(24)14-27-19(25)17(22-20(21)26)13-15-9-5-3-6-10-15/h3-12,17H,2,13-14H2,1H3,(H3,21,22,26)/t17-/m0/s1. The van der Waals surface area contributed by atoms with E-state index in [1.807, 2.05) is 55.5 Å². The largest absolute Gasteiger partial charge is 0.454 e. The normalized spacial score (nSPS) is 11.3. The Morgan fingerprint density at radius 1 is 1.04 bits per heavy atom. The molecule has 27 heavy (non-hydrogen) atoms. The summed E-state index contributed by atoms with van der Waals surface area (Å²) in [6, 6.07) is 16.4. The third-order valence-corrected chi connectivity index (χ3v) is 3.91. The van der Waals surface area contributed by atoms with Gasteiger partial charge in [-0.05, 0) is 24.6 Å². The highest BCUT2D eigenvalue weighted by molar-refractivity contribution is 5.95. The van der Waals surface area contributed by atoms with Gasteiger partial charge in [0.25, 0.3) is 5.91 Å². The van der Waals surface area contributed by atoms with E-state index in [2.05, 4.69) is 5.32 Å². The van der Waals surface area contributed by atoms with Gasteiger partial charge in [0.15, 0.2) is 6.61 Å². The molecule has 2 aromatic carbocycles. The van der Waals surface area contributed by atoms with E-state index in [4.69, 9.17) is 10.5 Å². The van der Waals surface area contributed by atoms with Gasteiger partial charge < -0.3 is 20.7 Å². The molecule has 0 saturated heterocycles. The zero-order valence-electron chi connectivity index (χ0n) is 15.1. The first-order chi connectivity index (χ1) is 13.0. The van der Waals surface area contributed by atoms with Crippen molar-refractivity contribution < 1.29 is 19.1 Å². The number of anilines is 1. The zero-order chi connectivity index (χ0) is 19.6. The van der Waals surface area contributed by atoms with Gasteiger partial charge in [0.05, 0.1) is 0 Å². The fourth-order valence-corrected chi connectivity index (χ4v) is 2.64. The Balaban J connectivity index is 1.99. The van der Waals surface area contributed by atoms with Crippen molar-refractivity contribution >= 4 is 23.6 Å². The van der Waals surface area contributed by atoms with Crippen LogP contribution in [-0.4, -0.2) is 37.1 Å². The van der Waals surface area contributed by atoms with Crippen LogP contribution in [0.2, 0.25) is 0 Å². The highest BCUT2D eigenvalue weighted by Crippen LogP contribution is 2.13. The molecule has 0 aliphatic rings. The Morgan fingerprint density at radius 3 is 2.19 bits per heavy atom. The lowest BCUT2D eigenvalue weighted by atomic mass is 10.1. The third kappa shape index (κ3) is 6.14. The van der Waals surface area contributed by atoms with Gasteiger partial charge >= 0.3 is 12.0 Å². The second-order valence-corrected chi connectivity index (χ2v) is 5.83. The summed E-state index contributed by atoms with van der Waals surface area (Å²) < 4.78 is 5.14. The second-order valence-electron chi connectivity index (χ2n) is 5.83. The van der Waals surface area contributed by atoms with Gasteiger partial charge in [-0.3, -0.25) is 4.79 Å². The number of benzene rings is 2. The summed E-state index contributed by atoms with van der Waals surface area (Å²) in [4.78, 5) is 37.5. The number of nitrogens with one attached hydrogen (secondary N) is 1. The van der Waals surface area contributed by atoms with E-state index in [0.29, 0.717) is 6.54 Å². The van der Waals surface area contributed by atoms with Crippen LogP contribution < -0.4 is 16.0 Å². The van der Waals surface area contributed by atoms with Crippen LogP contribution in [0, 0.1) is 0 Å². The van der Waals surface area contributed by atoms with Gasteiger partial charge in [-0.15, -0.1) is 0 Å². The number of amides is 3. The van der Waals surface area contributed by atoms with Crippen molar-refractivity contribution in [1.29, 1.82) is 0 Å². The molecule has 0 fully saturated rings. The Hall–Kier alpha value is -3.35. The summed E-state index contributed by atoms with van der Waals surface area (Å²) in [5.41, 5.74) is 6.71. The number of carbonyl (C=O) groups excluding carboxylic acids is 3. The van der Waals surface area contributed by atoms with Crippen molar-refractivity contribution in [2.24, 2.45) is 5.73 Å². The lowest BCUT2D eigenvalue weighted by Gasteiger charge is -2.22. The van der Waals surface area contributed by atoms with Crippen LogP contribution in [0.5, 0.6) is 0 Å². The molecule has 0 bridgehead atoms. The van der Waals surface area contributed by atoms with Crippen LogP contribution in [0.4, 0.5) is 10.5 Å². The number of urea groups is 1. The van der Waals surface area contributed by atoms with Crippen molar-refractivity contribution in [3.8, 4) is 0 Å². The molecule has 0 unspecified atom stereocenters. The Kier molecular flexibility index (Phi) is 7.37. The smallest absolute Gasteiger partial charge is 0.329 e. The SMILES string of the molecule is CCN(C(=O)COC(=O)[C@H](Cc1ccccc1)NC(N)=O)c1ccccc1. The van der Waals surface area contributed by atoms with Gasteiger partial charge in [0.1, 0.15) is 6.04 Å². The molecule has 0 radical (unpaired) electrons. The van der Waals surface area contributed by atoms with Gasteiger partial charge in [-0.1, -0.05) is 48.5 Å². The van der Waals surface area contributed by atoms with Crippen LogP contribution in [0.25, 0.3) is 0 Å². The average Bonchev–Trinajstić information content (AvgIpc) is 2.67. The molecule has 142 valence electrons. The zero-order valence-corrected chi connectivity index (χ0v) is 15.1. The first-order valence-corrected chi connectivity index (χ1v) is 8.63. The molecule has 0 aliphatic heterocycles. The van der Waals surface area contributed by atoms with Crippen molar-refractivity contribution in [2.45, 2.75) is 19.4 Å². The van der Waals surface area contributed by atoms with E-state index in [-0.39, 0.29) is 12.3 Å². The summed E-state index contributed by atoms with van der Waals surface area (Å²) in [6.07, 6.45) is 0.215. The number of rotatable bonds is 8. The Morgan fingerprint density at radius 2 is 1.63 bits per heavy atom. The molecule has 7 heteroatoms. The maximum Gasteiger partial charge on any atom is 0.329 e. The lowest BCUT2D eigenvalue weighted by molar-refractivity contribution is -0.149. The van der Waals surface area contributed by atoms with E-state index < -0.39 is 24.6 Å². The molecule has 0 aromatic heterocycles. The van der Waals surface area contributed by atoms with Gasteiger partial charge in [-0.2, -0.15) is 0 Å². The number of primary amides is 1. The maximum atomic E-state index is 12.4. The fraction of sp³-hybridized carbons (Fsp3) is 0.250. The number of esters is 1. The van der Waals surface area contributed by atoms with Gasteiger partial charge in [0, 0.05) is 18.7 Å². The first-order valence-electron chi connectivity index (χ1n) is 8.63. The molecule has 0 heterocycles. The highest BCUT2D eigenvalue weighted by Gasteiger charge is 2.24. The number of nitrogens with two attached hydrogens (primary N) is 1. The third-order valence-electron chi connectivity index (χ3n) is 3.91. The Bertz CT molecular complexity index is 765. The minimum atomic E-state index is -0.968. The van der Waals surface area contributed by atoms with Crippen molar-refractivity contribution in [1.82, 2.24) is 5.32 Å². The number of nitrogens with zero attached hydrogens (tertiary/aromatic N) is 1. The van der Waals surface area contributed by atoms with Crippen molar-refractivity contribution in [3.05, 3.63) is 66.2 Å². The molecule has 3 N–H and O–H groups in total. The fourth-order valence-electron chi connectivity index (χ4n) is 2.64. The molecule has 2 rings (SSSR count). The predicted molar refractivity (Wildman–Crippen MR) is 102 cm³/mol. The van der Waals surface area contributed by atoms with Crippen LogP contribution in [0.15, 0.2) is 60.7 Å². The summed E-state index contributed by atoms with van der Waals surface area (Å²) in [5.74, 6) is -1.07. The molecule has 1 atom stereocenters. The quantitative estimate of drug-likeness (QED) is 0.694. The van der Waals surface area contributed by atoms with Crippen LogP contribution in [0.3, 0.4) is 0 Å². The number of likely N-dealkylation sites (N-methyl/N-ethyl adjacent to an activating group) is 1. The van der Waals surface area contributed by atoms with Crippen LogP contribution in [0.1, 0.15) is 12.5 Å². The monoisotopic (exact) mass is 369 g/mol. The topological polar surface area (TPSA) is 102 Å². The van der Waals surface area contributed by atoms with Crippen molar-refractivity contribution in [2.75, 3.05) is 18.1 Å². The first kappa shape index (κ1) is 20.0. The summed E-state index contributed by atoms with van der Waals surface area (Å²) in [5, 5.41) is 2.37. The number of para-hydroxylation sites is 1.